The second-order valence-electron chi connectivity index (χ2n) is 5.71. The summed E-state index contributed by atoms with van der Waals surface area (Å²) in [5.74, 6) is -1.07. The molecule has 24 heavy (non-hydrogen) atoms. The van der Waals surface area contributed by atoms with Crippen molar-refractivity contribution in [3.8, 4) is 6.07 Å². The summed E-state index contributed by atoms with van der Waals surface area (Å²) in [5.41, 5.74) is -1.64. The zero-order chi connectivity index (χ0) is 18.0. The number of halogens is 3. The zero-order valence-corrected chi connectivity index (χ0v) is 13.0. The van der Waals surface area contributed by atoms with Crippen LogP contribution in [0, 0.1) is 11.3 Å². The fourth-order valence-electron chi connectivity index (χ4n) is 2.46. The van der Waals surface area contributed by atoms with Gasteiger partial charge in [-0.25, -0.2) is 0 Å². The molecule has 0 spiro atoms. The first-order chi connectivity index (χ1) is 11.2. The molecule has 0 bridgehead atoms. The van der Waals surface area contributed by atoms with E-state index in [1.54, 1.807) is 0 Å². The van der Waals surface area contributed by atoms with Gasteiger partial charge in [0.25, 0.3) is 5.91 Å². The Kier molecular flexibility index (Phi) is 4.83. The molecule has 1 fully saturated rings. The van der Waals surface area contributed by atoms with E-state index < -0.39 is 29.1 Å². The van der Waals surface area contributed by atoms with Gasteiger partial charge in [0, 0.05) is 12.6 Å². The topological polar surface area (TPSA) is 73.2 Å². The summed E-state index contributed by atoms with van der Waals surface area (Å²) in [6, 6.07) is 5.84. The second-order valence-corrected chi connectivity index (χ2v) is 5.71. The van der Waals surface area contributed by atoms with Crippen LogP contribution in [0.3, 0.4) is 0 Å². The molecule has 1 aliphatic rings. The van der Waals surface area contributed by atoms with Crippen LogP contribution in [0.5, 0.6) is 0 Å². The highest BCUT2D eigenvalue weighted by Crippen LogP contribution is 2.36. The quantitative estimate of drug-likeness (QED) is 0.915. The molecule has 0 radical (unpaired) electrons. The summed E-state index contributed by atoms with van der Waals surface area (Å²) in [6.45, 7) is -0.320. The van der Waals surface area contributed by atoms with Crippen LogP contribution in [-0.4, -0.2) is 35.8 Å². The number of nitrogens with one attached hydrogen (secondary N) is 1. The van der Waals surface area contributed by atoms with Gasteiger partial charge in [-0.2, -0.15) is 18.4 Å². The van der Waals surface area contributed by atoms with E-state index in [0.717, 1.165) is 30.7 Å². The first-order valence-corrected chi connectivity index (χ1v) is 7.33. The number of likely N-dealkylation sites (N-methyl/N-ethyl adjacent to an activating group) is 1. The van der Waals surface area contributed by atoms with Gasteiger partial charge in [-0.1, -0.05) is 0 Å². The maximum absolute atomic E-state index is 12.5. The van der Waals surface area contributed by atoms with Crippen LogP contribution in [-0.2, 0) is 11.0 Å². The maximum Gasteiger partial charge on any atom is 0.416 e. The van der Waals surface area contributed by atoms with E-state index in [2.05, 4.69) is 11.4 Å². The third-order valence-corrected chi connectivity index (χ3v) is 4.28. The number of rotatable bonds is 4. The Morgan fingerprint density at radius 2 is 1.88 bits per heavy atom. The highest BCUT2D eigenvalue weighted by atomic mass is 19.4. The number of carbonyl (C=O) groups is 2. The van der Waals surface area contributed by atoms with Gasteiger partial charge in [0.15, 0.2) is 0 Å². The molecular weight excluding hydrogens is 323 g/mol. The molecule has 0 aliphatic heterocycles. The van der Waals surface area contributed by atoms with Crippen LogP contribution in [0.2, 0.25) is 0 Å². The molecule has 2 rings (SSSR count). The van der Waals surface area contributed by atoms with Crippen molar-refractivity contribution in [3.63, 3.8) is 0 Å². The second kappa shape index (κ2) is 6.51. The van der Waals surface area contributed by atoms with E-state index in [0.29, 0.717) is 12.8 Å². The van der Waals surface area contributed by atoms with Gasteiger partial charge in [0.05, 0.1) is 18.2 Å². The average Bonchev–Trinajstić information content (AvgIpc) is 2.51. The minimum Gasteiger partial charge on any atom is -0.343 e. The van der Waals surface area contributed by atoms with Gasteiger partial charge in [-0.05, 0) is 43.5 Å². The van der Waals surface area contributed by atoms with Crippen molar-refractivity contribution < 1.29 is 22.8 Å². The highest BCUT2D eigenvalue weighted by Gasteiger charge is 2.43. The van der Waals surface area contributed by atoms with E-state index >= 15 is 0 Å². The van der Waals surface area contributed by atoms with E-state index in [1.165, 1.54) is 11.9 Å². The number of nitrogens with zero attached hydrogens (tertiary/aromatic N) is 2. The predicted octanol–water partition coefficient (Wildman–Crippen LogP) is 2.34. The summed E-state index contributed by atoms with van der Waals surface area (Å²) in [4.78, 5) is 25.3. The zero-order valence-electron chi connectivity index (χ0n) is 13.0. The Bertz CT molecular complexity index is 673. The summed E-state index contributed by atoms with van der Waals surface area (Å²) < 4.78 is 37.4. The standard InChI is InChI=1S/C16H16F3N3O2/c1-22(15(10-20)7-2-8-15)13(23)9-21-14(24)11-3-5-12(6-4-11)16(17,18)19/h3-6H,2,7-9H2,1H3,(H,21,24). The van der Waals surface area contributed by atoms with Crippen LogP contribution >= 0.6 is 0 Å². The minimum absolute atomic E-state index is 0.0251. The lowest BCUT2D eigenvalue weighted by Gasteiger charge is -2.42. The van der Waals surface area contributed by atoms with Crippen molar-refractivity contribution in [1.29, 1.82) is 5.26 Å². The van der Waals surface area contributed by atoms with Crippen molar-refractivity contribution in [3.05, 3.63) is 35.4 Å². The average molecular weight is 339 g/mol. The molecule has 0 aromatic heterocycles. The molecular formula is C16H16F3N3O2. The third kappa shape index (κ3) is 3.50. The van der Waals surface area contributed by atoms with E-state index in [1.807, 2.05) is 0 Å². The molecule has 1 aromatic rings. The lowest BCUT2D eigenvalue weighted by atomic mass is 9.76. The normalized spacial score (nSPS) is 15.8. The van der Waals surface area contributed by atoms with Gasteiger partial charge >= 0.3 is 6.18 Å². The van der Waals surface area contributed by atoms with E-state index in [-0.39, 0.29) is 12.1 Å². The molecule has 1 aromatic carbocycles. The molecule has 2 amide bonds. The number of amides is 2. The molecule has 0 saturated heterocycles. The smallest absolute Gasteiger partial charge is 0.343 e. The monoisotopic (exact) mass is 339 g/mol. The molecule has 1 aliphatic carbocycles. The van der Waals surface area contributed by atoms with Crippen molar-refractivity contribution in [2.24, 2.45) is 0 Å². The summed E-state index contributed by atoms with van der Waals surface area (Å²) in [6.07, 6.45) is -2.41. The molecule has 0 unspecified atom stereocenters. The number of hydrogen-bond donors (Lipinski definition) is 1. The molecule has 0 atom stereocenters. The van der Waals surface area contributed by atoms with E-state index in [4.69, 9.17) is 0 Å². The molecule has 0 heterocycles. The molecule has 8 heteroatoms. The Labute approximate surface area is 137 Å². The third-order valence-electron chi connectivity index (χ3n) is 4.28. The van der Waals surface area contributed by atoms with Gasteiger partial charge < -0.3 is 10.2 Å². The first kappa shape index (κ1) is 17.8. The van der Waals surface area contributed by atoms with E-state index in [9.17, 15) is 28.0 Å². The minimum atomic E-state index is -4.47. The maximum atomic E-state index is 12.5. The van der Waals surface area contributed by atoms with Crippen molar-refractivity contribution in [2.45, 2.75) is 31.0 Å². The molecule has 5 nitrogen and oxygen atoms in total. The fourth-order valence-corrected chi connectivity index (χ4v) is 2.46. The number of benzene rings is 1. The van der Waals surface area contributed by atoms with Gasteiger partial charge in [-0.3, -0.25) is 9.59 Å². The van der Waals surface area contributed by atoms with Gasteiger partial charge in [0.1, 0.15) is 5.54 Å². The lowest BCUT2D eigenvalue weighted by molar-refractivity contribution is -0.137. The molecule has 128 valence electrons. The van der Waals surface area contributed by atoms with Gasteiger partial charge in [-0.15, -0.1) is 0 Å². The molecule has 1 N–H and O–H groups in total. The predicted molar refractivity (Wildman–Crippen MR) is 78.7 cm³/mol. The Morgan fingerprint density at radius 1 is 1.29 bits per heavy atom. The fraction of sp³-hybridized carbons (Fsp3) is 0.438. The van der Waals surface area contributed by atoms with Crippen LogP contribution in [0.4, 0.5) is 13.2 Å². The SMILES string of the molecule is CN(C(=O)CNC(=O)c1ccc(C(F)(F)F)cc1)C1(C#N)CCC1. The van der Waals surface area contributed by atoms with Crippen molar-refractivity contribution >= 4 is 11.8 Å². The summed E-state index contributed by atoms with van der Waals surface area (Å²) in [7, 11) is 1.51. The number of hydrogen-bond acceptors (Lipinski definition) is 3. The Morgan fingerprint density at radius 3 is 2.29 bits per heavy atom. The Balaban J connectivity index is 1.93. The largest absolute Gasteiger partial charge is 0.416 e. The van der Waals surface area contributed by atoms with Gasteiger partial charge in [0.2, 0.25) is 5.91 Å². The summed E-state index contributed by atoms with van der Waals surface area (Å²) in [5, 5.41) is 11.5. The van der Waals surface area contributed by atoms with Crippen LogP contribution in [0.25, 0.3) is 0 Å². The van der Waals surface area contributed by atoms with Crippen molar-refractivity contribution in [2.75, 3.05) is 13.6 Å². The number of alkyl halides is 3. The van der Waals surface area contributed by atoms with Crippen LogP contribution in [0.15, 0.2) is 24.3 Å². The summed E-state index contributed by atoms with van der Waals surface area (Å²) >= 11 is 0. The van der Waals surface area contributed by atoms with Crippen molar-refractivity contribution in [1.82, 2.24) is 10.2 Å². The highest BCUT2D eigenvalue weighted by molar-refractivity contribution is 5.96. The van der Waals surface area contributed by atoms with Crippen LogP contribution < -0.4 is 5.32 Å². The Hall–Kier alpha value is -2.56. The first-order valence-electron chi connectivity index (χ1n) is 7.33. The number of carbonyl (C=O) groups excluding carboxylic acids is 2. The lowest BCUT2D eigenvalue weighted by Crippen LogP contribution is -2.55. The number of nitriles is 1. The molecule has 1 saturated carbocycles. The van der Waals surface area contributed by atoms with Crippen LogP contribution in [0.1, 0.15) is 35.2 Å².